The first-order chi connectivity index (χ1) is 18.4. The Balaban J connectivity index is 2.06. The largest absolute Gasteiger partial charge is 0.458 e. The standard InChI is InChI=1S/C30H39NO8/c1-8-12-31(13-9-2)16(3)22-25-27(35)26(34)23-18-10-11-20(33)29(18,5)14-19(38-17(4)32)24(23)30(25,6)21(15-37-7)39-28(22)36/h8-9,16,18-21,33H,1-2,10-15H2,3-7H3/t16?,18-,19+,20?,21+,29-,30+/m0/s1. The van der Waals surface area contributed by atoms with E-state index in [9.17, 15) is 24.3 Å². The molecular formula is C30H39NO8. The van der Waals surface area contributed by atoms with Crippen LogP contribution in [0.1, 0.15) is 47.0 Å². The summed E-state index contributed by atoms with van der Waals surface area (Å²) in [6.07, 6.45) is 2.07. The van der Waals surface area contributed by atoms with Crippen LogP contribution in [-0.4, -0.2) is 84.7 Å². The maximum atomic E-state index is 14.2. The fraction of sp³-hybridized carbons (Fsp3) is 0.600. The summed E-state index contributed by atoms with van der Waals surface area (Å²) in [5.74, 6) is -3.12. The summed E-state index contributed by atoms with van der Waals surface area (Å²) in [4.78, 5) is 56.0. The van der Waals surface area contributed by atoms with E-state index in [-0.39, 0.29) is 29.7 Å². The molecule has 0 bridgehead atoms. The predicted octanol–water partition coefficient (Wildman–Crippen LogP) is 2.48. The number of esters is 2. The topological polar surface area (TPSA) is 119 Å². The van der Waals surface area contributed by atoms with Gasteiger partial charge in [0.2, 0.25) is 11.6 Å². The number of fused-ring (bicyclic) bond motifs is 4. The second kappa shape index (κ2) is 10.6. The van der Waals surface area contributed by atoms with Gasteiger partial charge in [-0.05, 0) is 44.6 Å². The number of carbonyl (C=O) groups excluding carboxylic acids is 4. The molecule has 4 aliphatic rings. The first kappa shape index (κ1) is 29.1. The third kappa shape index (κ3) is 4.35. The van der Waals surface area contributed by atoms with Crippen molar-refractivity contribution in [1.29, 1.82) is 0 Å². The van der Waals surface area contributed by atoms with Gasteiger partial charge in [0.1, 0.15) is 12.2 Å². The maximum absolute atomic E-state index is 14.2. The van der Waals surface area contributed by atoms with Crippen LogP contribution < -0.4 is 0 Å². The minimum atomic E-state index is -1.29. The van der Waals surface area contributed by atoms with E-state index < -0.39 is 64.6 Å². The number of cyclic esters (lactones) is 1. The SMILES string of the molecule is C=CCN(CC=C)C(C)C1=C2C(=O)C(=O)C3=C([C@H](OC(C)=O)C[C@]4(C)C(O)CC[C@@H]34)[C@@]2(C)[C@@H](COC)OC1=O. The van der Waals surface area contributed by atoms with E-state index in [4.69, 9.17) is 14.2 Å². The molecule has 1 fully saturated rings. The van der Waals surface area contributed by atoms with Crippen molar-refractivity contribution in [1.82, 2.24) is 4.90 Å². The van der Waals surface area contributed by atoms with Crippen molar-refractivity contribution in [2.45, 2.75) is 71.3 Å². The van der Waals surface area contributed by atoms with Crippen molar-refractivity contribution in [2.24, 2.45) is 16.7 Å². The third-order valence-corrected chi connectivity index (χ3v) is 9.33. The van der Waals surface area contributed by atoms with Gasteiger partial charge in [-0.2, -0.15) is 0 Å². The van der Waals surface area contributed by atoms with Crippen LogP contribution in [0, 0.1) is 16.7 Å². The van der Waals surface area contributed by atoms with Gasteiger partial charge < -0.3 is 19.3 Å². The maximum Gasteiger partial charge on any atom is 0.336 e. The minimum absolute atomic E-state index is 0.0357. The van der Waals surface area contributed by atoms with Gasteiger partial charge in [0.25, 0.3) is 0 Å². The molecular weight excluding hydrogens is 502 g/mol. The van der Waals surface area contributed by atoms with Crippen LogP contribution >= 0.6 is 0 Å². The molecule has 7 atom stereocenters. The molecule has 2 unspecified atom stereocenters. The molecule has 0 aromatic carbocycles. The lowest BCUT2D eigenvalue weighted by Crippen LogP contribution is -2.60. The molecule has 0 aromatic heterocycles. The Kier molecular flexibility index (Phi) is 7.91. The molecule has 1 saturated carbocycles. The highest BCUT2D eigenvalue weighted by Gasteiger charge is 2.65. The van der Waals surface area contributed by atoms with Gasteiger partial charge in [0.05, 0.1) is 23.7 Å². The Labute approximate surface area is 229 Å². The Morgan fingerprint density at radius 3 is 2.38 bits per heavy atom. The van der Waals surface area contributed by atoms with Gasteiger partial charge in [-0.15, -0.1) is 13.2 Å². The molecule has 0 radical (unpaired) electrons. The molecule has 212 valence electrons. The molecule has 0 amide bonds. The highest BCUT2D eigenvalue weighted by atomic mass is 16.6. The van der Waals surface area contributed by atoms with Crippen LogP contribution in [0.25, 0.3) is 0 Å². The summed E-state index contributed by atoms with van der Waals surface area (Å²) in [6, 6.07) is -0.612. The molecule has 0 spiro atoms. The molecule has 9 nitrogen and oxygen atoms in total. The van der Waals surface area contributed by atoms with Crippen molar-refractivity contribution in [3.8, 4) is 0 Å². The smallest absolute Gasteiger partial charge is 0.336 e. The number of methoxy groups -OCH3 is 1. The summed E-state index contributed by atoms with van der Waals surface area (Å²) in [6.45, 7) is 15.1. The van der Waals surface area contributed by atoms with Crippen molar-refractivity contribution in [2.75, 3.05) is 26.8 Å². The zero-order valence-corrected chi connectivity index (χ0v) is 23.5. The van der Waals surface area contributed by atoms with E-state index in [1.165, 1.54) is 14.0 Å². The van der Waals surface area contributed by atoms with Gasteiger partial charge in [-0.3, -0.25) is 19.3 Å². The summed E-state index contributed by atoms with van der Waals surface area (Å²) in [5.41, 5.74) is -1.13. The first-order valence-electron chi connectivity index (χ1n) is 13.5. The van der Waals surface area contributed by atoms with Gasteiger partial charge in [-0.25, -0.2) is 4.79 Å². The van der Waals surface area contributed by atoms with Crippen LogP contribution in [0.2, 0.25) is 0 Å². The third-order valence-electron chi connectivity index (χ3n) is 9.33. The average molecular weight is 542 g/mol. The Morgan fingerprint density at radius 1 is 1.18 bits per heavy atom. The molecule has 0 saturated heterocycles. The van der Waals surface area contributed by atoms with Gasteiger partial charge in [0.15, 0.2) is 0 Å². The minimum Gasteiger partial charge on any atom is -0.458 e. The fourth-order valence-electron chi connectivity index (χ4n) is 7.42. The first-order valence-corrected chi connectivity index (χ1v) is 13.5. The quantitative estimate of drug-likeness (QED) is 0.267. The van der Waals surface area contributed by atoms with E-state index in [0.717, 1.165) is 0 Å². The predicted molar refractivity (Wildman–Crippen MR) is 142 cm³/mol. The molecule has 9 heteroatoms. The van der Waals surface area contributed by atoms with Crippen molar-refractivity contribution in [3.63, 3.8) is 0 Å². The second-order valence-corrected chi connectivity index (χ2v) is 11.5. The van der Waals surface area contributed by atoms with Crippen molar-refractivity contribution < 1.29 is 38.5 Å². The number of nitrogens with zero attached hydrogens (tertiary/aromatic N) is 1. The zero-order chi connectivity index (χ0) is 28.9. The molecule has 1 heterocycles. The molecule has 3 aliphatic carbocycles. The van der Waals surface area contributed by atoms with Gasteiger partial charge in [-0.1, -0.05) is 19.1 Å². The molecule has 0 aromatic rings. The lowest BCUT2D eigenvalue weighted by Gasteiger charge is -2.54. The Hall–Kier alpha value is -2.88. The lowest BCUT2D eigenvalue weighted by atomic mass is 9.52. The van der Waals surface area contributed by atoms with Crippen LogP contribution in [0.5, 0.6) is 0 Å². The number of carbonyl (C=O) groups is 4. The average Bonchev–Trinajstić information content (AvgIpc) is 3.16. The number of hydrogen-bond donors (Lipinski definition) is 1. The summed E-state index contributed by atoms with van der Waals surface area (Å²) >= 11 is 0. The number of aliphatic hydroxyl groups excluding tert-OH is 1. The van der Waals surface area contributed by atoms with Crippen LogP contribution in [0.4, 0.5) is 0 Å². The molecule has 4 rings (SSSR count). The monoisotopic (exact) mass is 541 g/mol. The summed E-state index contributed by atoms with van der Waals surface area (Å²) < 4.78 is 17.3. The zero-order valence-electron chi connectivity index (χ0n) is 23.5. The van der Waals surface area contributed by atoms with E-state index in [1.807, 2.05) is 11.8 Å². The van der Waals surface area contributed by atoms with E-state index in [1.54, 1.807) is 26.0 Å². The van der Waals surface area contributed by atoms with Crippen LogP contribution in [0.3, 0.4) is 0 Å². The van der Waals surface area contributed by atoms with E-state index >= 15 is 0 Å². The number of aliphatic hydroxyl groups is 1. The molecule has 1 N–H and O–H groups in total. The Bertz CT molecular complexity index is 1170. The molecule has 1 aliphatic heterocycles. The van der Waals surface area contributed by atoms with E-state index in [0.29, 0.717) is 31.5 Å². The Morgan fingerprint density at radius 2 is 1.82 bits per heavy atom. The second-order valence-electron chi connectivity index (χ2n) is 11.5. The summed E-state index contributed by atoms with van der Waals surface area (Å²) in [5, 5.41) is 10.9. The molecule has 39 heavy (non-hydrogen) atoms. The number of rotatable bonds is 9. The highest BCUT2D eigenvalue weighted by molar-refractivity contribution is 6.51. The van der Waals surface area contributed by atoms with Crippen molar-refractivity contribution >= 4 is 23.5 Å². The normalized spacial score (nSPS) is 34.8. The number of ketones is 2. The lowest BCUT2D eigenvalue weighted by molar-refractivity contribution is -0.162. The fourth-order valence-corrected chi connectivity index (χ4v) is 7.42. The number of ether oxygens (including phenoxy) is 3. The van der Waals surface area contributed by atoms with Crippen LogP contribution in [0.15, 0.2) is 47.6 Å². The van der Waals surface area contributed by atoms with E-state index in [2.05, 4.69) is 13.2 Å². The van der Waals surface area contributed by atoms with Crippen molar-refractivity contribution in [3.05, 3.63) is 47.6 Å². The number of hydrogen-bond acceptors (Lipinski definition) is 9. The van der Waals surface area contributed by atoms with Gasteiger partial charge >= 0.3 is 11.9 Å². The number of Topliss-reactive ketones (excluding diaryl/α,β-unsaturated/α-hetero) is 2. The summed E-state index contributed by atoms with van der Waals surface area (Å²) in [7, 11) is 1.47. The van der Waals surface area contributed by atoms with Crippen LogP contribution in [-0.2, 0) is 33.4 Å². The highest BCUT2D eigenvalue weighted by Crippen LogP contribution is 2.62. The number of allylic oxidation sites excluding steroid dienone is 1. The van der Waals surface area contributed by atoms with Gasteiger partial charge in [0, 0.05) is 49.7 Å².